The molecule has 0 aliphatic rings. The first-order valence-corrected chi connectivity index (χ1v) is 8.24. The lowest BCUT2D eigenvalue weighted by molar-refractivity contribution is 0.102. The third-order valence-corrected chi connectivity index (χ3v) is 3.95. The van der Waals surface area contributed by atoms with Gasteiger partial charge in [-0.2, -0.15) is 5.26 Å². The molecule has 1 amide bonds. The molecule has 2 aromatic carbocycles. The van der Waals surface area contributed by atoms with Crippen LogP contribution in [0.2, 0.25) is 0 Å². The molecule has 0 bridgehead atoms. The lowest BCUT2D eigenvalue weighted by Crippen LogP contribution is -2.13. The molecule has 2 N–H and O–H groups in total. The molecule has 0 saturated carbocycles. The Balaban J connectivity index is 1.70. The van der Waals surface area contributed by atoms with Crippen LogP contribution in [0.1, 0.15) is 16.1 Å². The van der Waals surface area contributed by atoms with Gasteiger partial charge in [0.05, 0.1) is 23.1 Å². The molecule has 3 aromatic rings. The quantitative estimate of drug-likeness (QED) is 0.673. The second kappa shape index (κ2) is 7.60. The zero-order valence-electron chi connectivity index (χ0n) is 13.0. The molecule has 0 aliphatic heterocycles. The number of nitrogens with one attached hydrogen (secondary N) is 2. The lowest BCUT2D eigenvalue weighted by Gasteiger charge is -2.09. The molecule has 0 aliphatic carbocycles. The fourth-order valence-corrected chi connectivity index (χ4v) is 2.44. The van der Waals surface area contributed by atoms with Crippen LogP contribution in [-0.2, 0) is 0 Å². The molecule has 3 rings (SSSR count). The summed E-state index contributed by atoms with van der Waals surface area (Å²) < 4.78 is 0.941. The predicted octanol–water partition coefficient (Wildman–Crippen LogP) is 4.71. The van der Waals surface area contributed by atoms with E-state index in [0.717, 1.165) is 4.47 Å². The molecule has 0 spiro atoms. The average molecular weight is 393 g/mol. The minimum atomic E-state index is -0.286. The number of carbonyl (C=O) groups is 1. The van der Waals surface area contributed by atoms with Crippen LogP contribution in [0.3, 0.4) is 0 Å². The zero-order valence-corrected chi connectivity index (χ0v) is 14.6. The van der Waals surface area contributed by atoms with Crippen molar-refractivity contribution in [2.24, 2.45) is 0 Å². The Morgan fingerprint density at radius 1 is 1.00 bits per heavy atom. The molecule has 0 unspecified atom stereocenters. The fourth-order valence-electron chi connectivity index (χ4n) is 2.18. The van der Waals surface area contributed by atoms with E-state index in [4.69, 9.17) is 5.26 Å². The molecule has 1 aromatic heterocycles. The Morgan fingerprint density at radius 3 is 2.40 bits per heavy atom. The number of amides is 1. The van der Waals surface area contributed by atoms with E-state index in [-0.39, 0.29) is 5.91 Å². The van der Waals surface area contributed by atoms with Crippen molar-refractivity contribution < 1.29 is 4.79 Å². The van der Waals surface area contributed by atoms with E-state index in [2.05, 4.69) is 37.6 Å². The third-order valence-electron chi connectivity index (χ3n) is 3.42. The molecule has 0 atom stereocenters. The molecule has 25 heavy (non-hydrogen) atoms. The van der Waals surface area contributed by atoms with Crippen molar-refractivity contribution >= 4 is 38.9 Å². The van der Waals surface area contributed by atoms with E-state index in [9.17, 15) is 4.79 Å². The molecular weight excluding hydrogens is 380 g/mol. The second-order valence-electron chi connectivity index (χ2n) is 5.18. The van der Waals surface area contributed by atoms with Crippen LogP contribution in [0.5, 0.6) is 0 Å². The van der Waals surface area contributed by atoms with Gasteiger partial charge in [0, 0.05) is 10.2 Å². The number of rotatable bonds is 4. The number of hydrogen-bond acceptors (Lipinski definition) is 4. The molecular formula is C19H13BrN4O. The summed E-state index contributed by atoms with van der Waals surface area (Å²) in [4.78, 5) is 16.4. The first-order chi connectivity index (χ1) is 12.2. The smallest absolute Gasteiger partial charge is 0.274 e. The van der Waals surface area contributed by atoms with Gasteiger partial charge in [0.25, 0.3) is 5.91 Å². The Kier molecular flexibility index (Phi) is 5.07. The third kappa shape index (κ3) is 4.22. The van der Waals surface area contributed by atoms with Gasteiger partial charge in [0.2, 0.25) is 0 Å². The van der Waals surface area contributed by atoms with Crippen LogP contribution in [-0.4, -0.2) is 10.9 Å². The number of aromatic nitrogens is 1. The standard InChI is InChI=1S/C19H13BrN4O/c20-14-5-7-15(8-6-14)24-19(25)18-10-9-16(12-22-18)23-17-4-2-1-3-13(17)11-21/h1-10,12,23H,(H,24,25). The number of pyridine rings is 1. The SMILES string of the molecule is N#Cc1ccccc1Nc1ccc(C(=O)Nc2ccc(Br)cc2)nc1. The van der Waals surface area contributed by atoms with Crippen LogP contribution < -0.4 is 10.6 Å². The first kappa shape index (κ1) is 16.7. The minimum absolute atomic E-state index is 0.286. The number of halogens is 1. The van der Waals surface area contributed by atoms with Gasteiger partial charge in [0.15, 0.2) is 0 Å². The van der Waals surface area contributed by atoms with Crippen molar-refractivity contribution in [2.45, 2.75) is 0 Å². The number of benzene rings is 2. The van der Waals surface area contributed by atoms with Crippen molar-refractivity contribution in [3.63, 3.8) is 0 Å². The van der Waals surface area contributed by atoms with E-state index in [1.165, 1.54) is 0 Å². The van der Waals surface area contributed by atoms with Gasteiger partial charge >= 0.3 is 0 Å². The molecule has 0 saturated heterocycles. The van der Waals surface area contributed by atoms with Crippen molar-refractivity contribution in [2.75, 3.05) is 10.6 Å². The van der Waals surface area contributed by atoms with Gasteiger partial charge in [0.1, 0.15) is 11.8 Å². The van der Waals surface area contributed by atoms with Crippen molar-refractivity contribution in [3.05, 3.63) is 82.6 Å². The van der Waals surface area contributed by atoms with Crippen molar-refractivity contribution in [3.8, 4) is 6.07 Å². The summed E-state index contributed by atoms with van der Waals surface area (Å²) >= 11 is 3.35. The minimum Gasteiger partial charge on any atom is -0.353 e. The highest BCUT2D eigenvalue weighted by Gasteiger charge is 2.08. The summed E-state index contributed by atoms with van der Waals surface area (Å²) in [5, 5.41) is 15.0. The highest BCUT2D eigenvalue weighted by molar-refractivity contribution is 9.10. The van der Waals surface area contributed by atoms with Crippen LogP contribution >= 0.6 is 15.9 Å². The number of nitriles is 1. The zero-order chi connectivity index (χ0) is 17.6. The van der Waals surface area contributed by atoms with E-state index in [1.807, 2.05) is 24.3 Å². The van der Waals surface area contributed by atoms with Crippen LogP contribution in [0.15, 0.2) is 71.3 Å². The van der Waals surface area contributed by atoms with Crippen LogP contribution in [0.4, 0.5) is 17.1 Å². The topological polar surface area (TPSA) is 77.8 Å². The van der Waals surface area contributed by atoms with E-state index in [1.54, 1.807) is 42.6 Å². The van der Waals surface area contributed by atoms with Crippen LogP contribution in [0, 0.1) is 11.3 Å². The predicted molar refractivity (Wildman–Crippen MR) is 101 cm³/mol. The van der Waals surface area contributed by atoms with Gasteiger partial charge in [-0.15, -0.1) is 0 Å². The molecule has 5 nitrogen and oxygen atoms in total. The number of carbonyl (C=O) groups excluding carboxylic acids is 1. The number of hydrogen-bond donors (Lipinski definition) is 2. The summed E-state index contributed by atoms with van der Waals surface area (Å²) in [7, 11) is 0. The largest absolute Gasteiger partial charge is 0.353 e. The normalized spacial score (nSPS) is 9.92. The molecule has 122 valence electrons. The molecule has 1 heterocycles. The van der Waals surface area contributed by atoms with Crippen molar-refractivity contribution in [1.82, 2.24) is 4.98 Å². The Labute approximate surface area is 153 Å². The Bertz CT molecular complexity index is 931. The van der Waals surface area contributed by atoms with E-state index in [0.29, 0.717) is 28.3 Å². The van der Waals surface area contributed by atoms with Gasteiger partial charge in [-0.25, -0.2) is 4.98 Å². The van der Waals surface area contributed by atoms with Gasteiger partial charge in [-0.3, -0.25) is 4.79 Å². The lowest BCUT2D eigenvalue weighted by atomic mass is 10.2. The highest BCUT2D eigenvalue weighted by atomic mass is 79.9. The average Bonchev–Trinajstić information content (AvgIpc) is 2.64. The summed E-state index contributed by atoms with van der Waals surface area (Å²) in [6.45, 7) is 0. The number of nitrogens with zero attached hydrogens (tertiary/aromatic N) is 2. The summed E-state index contributed by atoms with van der Waals surface area (Å²) in [6.07, 6.45) is 1.56. The second-order valence-corrected chi connectivity index (χ2v) is 6.09. The molecule has 0 fully saturated rings. The van der Waals surface area contributed by atoms with Crippen LogP contribution in [0.25, 0.3) is 0 Å². The fraction of sp³-hybridized carbons (Fsp3) is 0. The maximum absolute atomic E-state index is 12.2. The summed E-state index contributed by atoms with van der Waals surface area (Å²) in [6, 6.07) is 20.0. The number of anilines is 3. The maximum atomic E-state index is 12.2. The number of para-hydroxylation sites is 1. The molecule has 0 radical (unpaired) electrons. The van der Waals surface area contributed by atoms with Crippen molar-refractivity contribution in [1.29, 1.82) is 5.26 Å². The Hall–Kier alpha value is -3.17. The summed E-state index contributed by atoms with van der Waals surface area (Å²) in [5.41, 5.74) is 2.93. The summed E-state index contributed by atoms with van der Waals surface area (Å²) in [5.74, 6) is -0.286. The van der Waals surface area contributed by atoms with E-state index < -0.39 is 0 Å². The highest BCUT2D eigenvalue weighted by Crippen LogP contribution is 2.20. The first-order valence-electron chi connectivity index (χ1n) is 7.45. The van der Waals surface area contributed by atoms with Gasteiger partial charge in [-0.05, 0) is 48.5 Å². The van der Waals surface area contributed by atoms with Gasteiger partial charge < -0.3 is 10.6 Å². The monoisotopic (exact) mass is 392 g/mol. The van der Waals surface area contributed by atoms with Gasteiger partial charge in [-0.1, -0.05) is 28.1 Å². The molecule has 6 heteroatoms. The maximum Gasteiger partial charge on any atom is 0.274 e. The Morgan fingerprint density at radius 2 is 1.72 bits per heavy atom. The van der Waals surface area contributed by atoms with E-state index >= 15 is 0 Å².